The molecule has 6 amide bonds. The lowest BCUT2D eigenvalue weighted by Gasteiger charge is -2.34. The third-order valence-corrected chi connectivity index (χ3v) is 11.1. The van der Waals surface area contributed by atoms with E-state index in [0.717, 1.165) is 0 Å². The molecule has 2 rings (SSSR count). The van der Waals surface area contributed by atoms with Crippen LogP contribution >= 0.6 is 0 Å². The summed E-state index contributed by atoms with van der Waals surface area (Å²) < 4.78 is 21.6. The van der Waals surface area contributed by atoms with Crippen LogP contribution in [-0.4, -0.2) is 116 Å². The molecule has 8 atom stereocenters. The zero-order chi connectivity index (χ0) is 46.5. The molecule has 2 aliphatic rings. The zero-order valence-corrected chi connectivity index (χ0v) is 39.3. The summed E-state index contributed by atoms with van der Waals surface area (Å²) in [5.74, 6) is -3.67. The number of hydrogen-bond donors (Lipinski definition) is 6. The van der Waals surface area contributed by atoms with Crippen LogP contribution in [0, 0.1) is 23.7 Å². The van der Waals surface area contributed by atoms with Crippen LogP contribution in [0.4, 0.5) is 4.79 Å². The van der Waals surface area contributed by atoms with Gasteiger partial charge >= 0.3 is 12.1 Å². The Morgan fingerprint density at radius 2 is 0.902 bits per heavy atom. The SMILES string of the molecule is COC(=O)[C@]1(NC(=O)[C@H](CC(C)C)NC(=O)[C@H](CC(C)C)NC(=O)[C@]2(NC(=O)[C@H](CC(C)C)NC(=O)[C@H](CC(C)C)NC(=O)OC(C)(C)C)CC[C@H](OC)C2)CC[C@H](OC)C1. The van der Waals surface area contributed by atoms with Crippen molar-refractivity contribution in [2.75, 3.05) is 21.3 Å². The second-order valence-electron chi connectivity index (χ2n) is 19.7. The van der Waals surface area contributed by atoms with E-state index in [-0.39, 0.29) is 80.8 Å². The van der Waals surface area contributed by atoms with Gasteiger partial charge in [-0.3, -0.25) is 24.0 Å². The fourth-order valence-corrected chi connectivity index (χ4v) is 8.07. The lowest BCUT2D eigenvalue weighted by Crippen LogP contribution is -2.65. The zero-order valence-electron chi connectivity index (χ0n) is 39.3. The molecular weight excluding hydrogens is 789 g/mol. The predicted octanol–water partition coefficient (Wildman–Crippen LogP) is 3.80. The molecule has 2 saturated carbocycles. The van der Waals surface area contributed by atoms with E-state index in [9.17, 15) is 33.6 Å². The minimum Gasteiger partial charge on any atom is -0.467 e. The first kappa shape index (κ1) is 53.1. The fraction of sp³-hybridized carbons (Fsp3) is 0.841. The highest BCUT2D eigenvalue weighted by atomic mass is 16.6. The lowest BCUT2D eigenvalue weighted by molar-refractivity contribution is -0.151. The molecule has 2 aliphatic carbocycles. The van der Waals surface area contributed by atoms with Gasteiger partial charge in [-0.1, -0.05) is 55.4 Å². The molecule has 0 heterocycles. The third kappa shape index (κ3) is 16.7. The molecule has 0 aliphatic heterocycles. The van der Waals surface area contributed by atoms with E-state index >= 15 is 0 Å². The maximum absolute atomic E-state index is 14.6. The van der Waals surface area contributed by atoms with Gasteiger partial charge in [0.25, 0.3) is 0 Å². The van der Waals surface area contributed by atoms with Crippen molar-refractivity contribution in [3.05, 3.63) is 0 Å². The number of carbonyl (C=O) groups is 7. The van der Waals surface area contributed by atoms with Gasteiger partial charge in [0.05, 0.1) is 19.3 Å². The summed E-state index contributed by atoms with van der Waals surface area (Å²) >= 11 is 0. The Balaban J connectivity index is 2.41. The van der Waals surface area contributed by atoms with Gasteiger partial charge in [-0.25, -0.2) is 9.59 Å². The highest BCUT2D eigenvalue weighted by molar-refractivity contribution is 5.99. The van der Waals surface area contributed by atoms with Crippen LogP contribution in [0.3, 0.4) is 0 Å². The van der Waals surface area contributed by atoms with Crippen molar-refractivity contribution in [3.8, 4) is 0 Å². The molecule has 0 unspecified atom stereocenters. The smallest absolute Gasteiger partial charge is 0.408 e. The quantitative estimate of drug-likeness (QED) is 0.0858. The van der Waals surface area contributed by atoms with Crippen LogP contribution in [-0.2, 0) is 47.7 Å². The normalized spacial score (nSPS) is 23.5. The van der Waals surface area contributed by atoms with Crippen LogP contribution in [0.5, 0.6) is 0 Å². The molecule has 350 valence electrons. The lowest BCUT2D eigenvalue weighted by atomic mass is 9.92. The summed E-state index contributed by atoms with van der Waals surface area (Å²) in [5, 5.41) is 17.1. The third-order valence-electron chi connectivity index (χ3n) is 11.1. The van der Waals surface area contributed by atoms with Crippen molar-refractivity contribution < 1.29 is 52.5 Å². The number of ether oxygens (including phenoxy) is 4. The molecule has 0 aromatic rings. The van der Waals surface area contributed by atoms with Crippen LogP contribution in [0.2, 0.25) is 0 Å². The van der Waals surface area contributed by atoms with E-state index < -0.39 is 82.4 Å². The maximum Gasteiger partial charge on any atom is 0.408 e. The summed E-state index contributed by atoms with van der Waals surface area (Å²) in [5.41, 5.74) is -3.63. The van der Waals surface area contributed by atoms with Gasteiger partial charge < -0.3 is 50.8 Å². The van der Waals surface area contributed by atoms with Crippen molar-refractivity contribution in [1.82, 2.24) is 31.9 Å². The molecule has 0 bridgehead atoms. The van der Waals surface area contributed by atoms with Gasteiger partial charge in [0.15, 0.2) is 0 Å². The van der Waals surface area contributed by atoms with Gasteiger partial charge in [0, 0.05) is 27.1 Å². The van der Waals surface area contributed by atoms with Crippen LogP contribution in [0.1, 0.15) is 140 Å². The monoisotopic (exact) mass is 867 g/mol. The van der Waals surface area contributed by atoms with E-state index in [1.807, 2.05) is 55.4 Å². The minimum absolute atomic E-state index is 0.0120. The molecule has 0 aromatic carbocycles. The molecule has 61 heavy (non-hydrogen) atoms. The van der Waals surface area contributed by atoms with Crippen molar-refractivity contribution in [2.24, 2.45) is 23.7 Å². The second-order valence-corrected chi connectivity index (χ2v) is 19.7. The van der Waals surface area contributed by atoms with E-state index in [1.54, 1.807) is 27.9 Å². The molecule has 0 radical (unpaired) electrons. The molecular formula is C44H78N6O11. The molecule has 0 aromatic heterocycles. The van der Waals surface area contributed by atoms with Crippen LogP contribution < -0.4 is 31.9 Å². The number of methoxy groups -OCH3 is 3. The predicted molar refractivity (Wildman–Crippen MR) is 230 cm³/mol. The summed E-state index contributed by atoms with van der Waals surface area (Å²) in [6.07, 6.45) is 1.34. The molecule has 6 N–H and O–H groups in total. The van der Waals surface area contributed by atoms with Crippen molar-refractivity contribution >= 4 is 41.6 Å². The second kappa shape index (κ2) is 23.5. The largest absolute Gasteiger partial charge is 0.467 e. The Morgan fingerprint density at radius 1 is 0.541 bits per heavy atom. The number of rotatable bonds is 22. The summed E-state index contributed by atoms with van der Waals surface area (Å²) in [6.45, 7) is 20.4. The van der Waals surface area contributed by atoms with Crippen LogP contribution in [0.25, 0.3) is 0 Å². The standard InChI is InChI=1S/C44H78N6O11/c1-25(2)19-31(35(51)45-34(22-28(7)8)38(54)50-44(40(56)60-14)18-16-30(24-44)59-13)47-39(55)43(17-15-29(23-43)58-12)49-37(53)33(21-27(5)6)46-36(52)32(20-26(3)4)48-41(57)61-42(9,10)11/h25-34H,15-24H2,1-14H3,(H,45,51)(H,46,52)(H,47,55)(H,48,57)(H,49,53)(H,50,54)/t29-,30-,31-,32-,33-,34-,43-,44-/m0/s1. The number of alkyl carbamates (subject to hydrolysis) is 1. The highest BCUT2D eigenvalue weighted by Gasteiger charge is 2.50. The molecule has 0 saturated heterocycles. The maximum atomic E-state index is 14.6. The summed E-state index contributed by atoms with van der Waals surface area (Å²) in [7, 11) is 4.32. The molecule has 17 nitrogen and oxygen atoms in total. The highest BCUT2D eigenvalue weighted by Crippen LogP contribution is 2.34. The average Bonchev–Trinajstić information content (AvgIpc) is 3.77. The Bertz CT molecular complexity index is 1510. The summed E-state index contributed by atoms with van der Waals surface area (Å²) in [6, 6.07) is -4.23. The first-order chi connectivity index (χ1) is 28.3. The Morgan fingerprint density at radius 3 is 1.26 bits per heavy atom. The number of carbonyl (C=O) groups excluding carboxylic acids is 7. The Hall–Kier alpha value is -3.99. The van der Waals surface area contributed by atoms with Crippen LogP contribution in [0.15, 0.2) is 0 Å². The van der Waals surface area contributed by atoms with Crippen molar-refractivity contribution in [2.45, 2.75) is 193 Å². The van der Waals surface area contributed by atoms with E-state index in [4.69, 9.17) is 18.9 Å². The number of esters is 1. The van der Waals surface area contributed by atoms with Gasteiger partial charge in [-0.05, 0) is 95.8 Å². The Labute approximate surface area is 363 Å². The van der Waals surface area contributed by atoms with Gasteiger partial charge in [-0.2, -0.15) is 0 Å². The molecule has 2 fully saturated rings. The average molecular weight is 867 g/mol. The van der Waals surface area contributed by atoms with E-state index in [1.165, 1.54) is 14.2 Å². The molecule has 17 heteroatoms. The first-order valence-corrected chi connectivity index (χ1v) is 22.0. The molecule has 0 spiro atoms. The Kier molecular flexibility index (Phi) is 20.4. The van der Waals surface area contributed by atoms with E-state index in [2.05, 4.69) is 31.9 Å². The minimum atomic E-state index is -1.51. The van der Waals surface area contributed by atoms with Gasteiger partial charge in [0.1, 0.15) is 40.8 Å². The van der Waals surface area contributed by atoms with Gasteiger partial charge in [0.2, 0.25) is 29.5 Å². The van der Waals surface area contributed by atoms with Crippen molar-refractivity contribution in [1.29, 1.82) is 0 Å². The number of hydrogen-bond acceptors (Lipinski definition) is 11. The van der Waals surface area contributed by atoms with Gasteiger partial charge in [-0.15, -0.1) is 0 Å². The van der Waals surface area contributed by atoms with Crippen molar-refractivity contribution in [3.63, 3.8) is 0 Å². The van der Waals surface area contributed by atoms with E-state index in [0.29, 0.717) is 19.3 Å². The topological polar surface area (TPSA) is 229 Å². The number of nitrogens with one attached hydrogen (secondary N) is 6. The first-order valence-electron chi connectivity index (χ1n) is 22.0. The fourth-order valence-electron chi connectivity index (χ4n) is 8.07. The summed E-state index contributed by atoms with van der Waals surface area (Å²) in [4.78, 5) is 96.6. The number of amides is 6.